The van der Waals surface area contributed by atoms with Gasteiger partial charge in [-0.2, -0.15) is 8.78 Å². The molecule has 1 heterocycles. The van der Waals surface area contributed by atoms with Crippen molar-refractivity contribution in [2.75, 3.05) is 11.1 Å². The molecule has 3 N–H and O–H groups in total. The minimum Gasteiger partial charge on any atom is -0.435 e. The molecule has 0 fully saturated rings. The maximum atomic E-state index is 13.8. The average Bonchev–Trinajstić information content (AvgIpc) is 3.02. The van der Waals surface area contributed by atoms with E-state index in [0.717, 1.165) is 29.5 Å². The van der Waals surface area contributed by atoms with Gasteiger partial charge in [-0.1, -0.05) is 11.3 Å². The molecule has 0 atom stereocenters. The predicted octanol–water partition coefficient (Wildman–Crippen LogP) is 5.34. The molecule has 1 aromatic heterocycles. The Morgan fingerprint density at radius 2 is 1.81 bits per heavy atom. The number of aromatic nitrogens is 1. The van der Waals surface area contributed by atoms with E-state index in [4.69, 9.17) is 5.73 Å². The van der Waals surface area contributed by atoms with Gasteiger partial charge in [0.2, 0.25) is 5.78 Å². The van der Waals surface area contributed by atoms with Crippen LogP contribution in [0.2, 0.25) is 0 Å². The normalized spacial score (nSPS) is 11.5. The van der Waals surface area contributed by atoms with Gasteiger partial charge in [0.15, 0.2) is 16.7 Å². The molecule has 31 heavy (non-hydrogen) atoms. The monoisotopic (exact) mass is 463 g/mol. The molecule has 0 radical (unpaired) electrons. The Kier molecular flexibility index (Phi) is 6.24. The molecule has 2 aromatic carbocycles. The Morgan fingerprint density at radius 1 is 1.13 bits per heavy atom. The van der Waals surface area contributed by atoms with Gasteiger partial charge in [-0.05, 0) is 36.4 Å². The van der Waals surface area contributed by atoms with Crippen LogP contribution in [0, 0.1) is 5.82 Å². The first-order chi connectivity index (χ1) is 14.5. The number of nitrogen functional groups attached to an aromatic ring is 1. The SMILES string of the molecule is Nc1nc(Nc2ccc(OC(F)(F)F)c(F)c2)sc1C(=O)c1ccc(OC(F)F)cc1. The number of anilines is 3. The van der Waals surface area contributed by atoms with E-state index in [-0.39, 0.29) is 32.8 Å². The summed E-state index contributed by atoms with van der Waals surface area (Å²) in [6.45, 7) is -3.01. The van der Waals surface area contributed by atoms with E-state index >= 15 is 0 Å². The van der Waals surface area contributed by atoms with Crippen LogP contribution in [0.15, 0.2) is 42.5 Å². The fourth-order valence-electron chi connectivity index (χ4n) is 2.38. The lowest BCUT2D eigenvalue weighted by Crippen LogP contribution is -2.17. The Hall–Kier alpha value is -3.48. The van der Waals surface area contributed by atoms with Gasteiger partial charge < -0.3 is 20.5 Å². The molecule has 0 aliphatic heterocycles. The van der Waals surface area contributed by atoms with Crippen LogP contribution in [0.1, 0.15) is 15.2 Å². The number of benzene rings is 2. The van der Waals surface area contributed by atoms with E-state index in [1.807, 2.05) is 0 Å². The fourth-order valence-corrected chi connectivity index (χ4v) is 3.24. The number of nitrogens with one attached hydrogen (secondary N) is 1. The van der Waals surface area contributed by atoms with Crippen molar-refractivity contribution in [2.24, 2.45) is 0 Å². The first kappa shape index (κ1) is 22.2. The predicted molar refractivity (Wildman–Crippen MR) is 99.4 cm³/mol. The van der Waals surface area contributed by atoms with E-state index in [9.17, 15) is 31.1 Å². The van der Waals surface area contributed by atoms with E-state index in [1.165, 1.54) is 24.3 Å². The van der Waals surface area contributed by atoms with E-state index < -0.39 is 30.3 Å². The summed E-state index contributed by atoms with van der Waals surface area (Å²) in [4.78, 5) is 16.5. The third-order valence-corrected chi connectivity index (χ3v) is 4.60. The molecule has 0 bridgehead atoms. The van der Waals surface area contributed by atoms with Crippen LogP contribution < -0.4 is 20.5 Å². The van der Waals surface area contributed by atoms with Crippen molar-refractivity contribution in [3.05, 3.63) is 58.7 Å². The highest BCUT2D eigenvalue weighted by Crippen LogP contribution is 2.32. The van der Waals surface area contributed by atoms with Gasteiger partial charge in [0.05, 0.1) is 0 Å². The molecular formula is C18H11F6N3O3S. The number of carbonyl (C=O) groups is 1. The second-order valence-electron chi connectivity index (χ2n) is 5.78. The number of alkyl halides is 5. The van der Waals surface area contributed by atoms with Crippen LogP contribution in [0.4, 0.5) is 43.0 Å². The van der Waals surface area contributed by atoms with Crippen molar-refractivity contribution in [1.82, 2.24) is 4.98 Å². The quantitative estimate of drug-likeness (QED) is 0.364. The Morgan fingerprint density at radius 3 is 2.39 bits per heavy atom. The second kappa shape index (κ2) is 8.71. The van der Waals surface area contributed by atoms with Gasteiger partial charge >= 0.3 is 13.0 Å². The van der Waals surface area contributed by atoms with Gasteiger partial charge in [-0.25, -0.2) is 9.37 Å². The third-order valence-electron chi connectivity index (χ3n) is 3.61. The van der Waals surface area contributed by atoms with Crippen molar-refractivity contribution >= 4 is 33.8 Å². The molecule has 164 valence electrons. The summed E-state index contributed by atoms with van der Waals surface area (Å²) < 4.78 is 82.6. The topological polar surface area (TPSA) is 86.5 Å². The lowest BCUT2D eigenvalue weighted by molar-refractivity contribution is -0.275. The van der Waals surface area contributed by atoms with E-state index in [2.05, 4.69) is 19.8 Å². The van der Waals surface area contributed by atoms with E-state index in [1.54, 1.807) is 0 Å². The first-order valence-corrected chi connectivity index (χ1v) is 9.01. The number of ether oxygens (including phenoxy) is 2. The van der Waals surface area contributed by atoms with Crippen molar-refractivity contribution in [1.29, 1.82) is 0 Å². The van der Waals surface area contributed by atoms with Crippen LogP contribution in [0.25, 0.3) is 0 Å². The van der Waals surface area contributed by atoms with Crippen molar-refractivity contribution in [3.8, 4) is 11.5 Å². The molecule has 3 rings (SSSR count). The average molecular weight is 463 g/mol. The number of carbonyl (C=O) groups excluding carboxylic acids is 1. The Labute approximate surface area is 174 Å². The second-order valence-corrected chi connectivity index (χ2v) is 6.78. The maximum Gasteiger partial charge on any atom is 0.573 e. The molecule has 0 unspecified atom stereocenters. The molecule has 0 saturated carbocycles. The van der Waals surface area contributed by atoms with Gasteiger partial charge in [-0.3, -0.25) is 4.79 Å². The zero-order chi connectivity index (χ0) is 22.8. The molecule has 3 aromatic rings. The molecule has 0 aliphatic carbocycles. The van der Waals surface area contributed by atoms with Gasteiger partial charge in [-0.15, -0.1) is 13.2 Å². The minimum atomic E-state index is -5.04. The Bertz CT molecular complexity index is 1090. The van der Waals surface area contributed by atoms with Gasteiger partial charge in [0.25, 0.3) is 0 Å². The summed E-state index contributed by atoms with van der Waals surface area (Å²) in [7, 11) is 0. The molecule has 0 saturated heterocycles. The summed E-state index contributed by atoms with van der Waals surface area (Å²) >= 11 is 0.810. The fraction of sp³-hybridized carbons (Fsp3) is 0.111. The summed E-state index contributed by atoms with van der Waals surface area (Å²) in [5.41, 5.74) is 5.91. The Balaban J connectivity index is 1.75. The number of nitrogens with zero attached hydrogens (tertiary/aromatic N) is 1. The molecule has 0 spiro atoms. The number of hydrogen-bond acceptors (Lipinski definition) is 7. The highest BCUT2D eigenvalue weighted by molar-refractivity contribution is 7.18. The smallest absolute Gasteiger partial charge is 0.435 e. The first-order valence-electron chi connectivity index (χ1n) is 8.20. The lowest BCUT2D eigenvalue weighted by Gasteiger charge is -2.10. The van der Waals surface area contributed by atoms with Crippen molar-refractivity contribution in [3.63, 3.8) is 0 Å². The number of halogens is 6. The third kappa shape index (κ3) is 5.78. The highest BCUT2D eigenvalue weighted by atomic mass is 32.1. The molecule has 0 aliphatic rings. The zero-order valence-electron chi connectivity index (χ0n) is 15.0. The van der Waals surface area contributed by atoms with Crippen LogP contribution in [-0.4, -0.2) is 23.7 Å². The number of hydrogen-bond donors (Lipinski definition) is 2. The number of rotatable bonds is 7. The van der Waals surface area contributed by atoms with Crippen LogP contribution >= 0.6 is 11.3 Å². The summed E-state index contributed by atoms with van der Waals surface area (Å²) in [6.07, 6.45) is -5.04. The van der Waals surface area contributed by atoms with Crippen molar-refractivity contribution < 1.29 is 40.6 Å². The largest absolute Gasteiger partial charge is 0.573 e. The molecular weight excluding hydrogens is 452 g/mol. The molecule has 0 amide bonds. The van der Waals surface area contributed by atoms with Gasteiger partial charge in [0.1, 0.15) is 16.4 Å². The molecule has 6 nitrogen and oxygen atoms in total. The van der Waals surface area contributed by atoms with Gasteiger partial charge in [0, 0.05) is 17.3 Å². The number of nitrogens with two attached hydrogens (primary N) is 1. The molecule has 13 heteroatoms. The summed E-state index contributed by atoms with van der Waals surface area (Å²) in [5, 5.41) is 2.70. The van der Waals surface area contributed by atoms with Crippen LogP contribution in [-0.2, 0) is 0 Å². The highest BCUT2D eigenvalue weighted by Gasteiger charge is 2.32. The maximum absolute atomic E-state index is 13.8. The summed E-state index contributed by atoms with van der Waals surface area (Å²) in [6, 6.07) is 7.54. The van der Waals surface area contributed by atoms with Crippen LogP contribution in [0.3, 0.4) is 0 Å². The van der Waals surface area contributed by atoms with Crippen molar-refractivity contribution in [2.45, 2.75) is 13.0 Å². The van der Waals surface area contributed by atoms with E-state index in [0.29, 0.717) is 0 Å². The minimum absolute atomic E-state index is 0.0162. The standard InChI is InChI=1S/C18H11F6N3O3S/c19-11-7-9(3-6-12(11)30-18(22,23)24)26-17-27-15(25)14(31-17)13(28)8-1-4-10(5-2-8)29-16(20)21/h1-7,16H,25H2,(H,26,27). The lowest BCUT2D eigenvalue weighted by atomic mass is 10.1. The summed E-state index contributed by atoms with van der Waals surface area (Å²) in [5.74, 6) is -3.11. The number of ketones is 1. The van der Waals surface area contributed by atoms with Crippen LogP contribution in [0.5, 0.6) is 11.5 Å². The number of thiazole rings is 1. The zero-order valence-corrected chi connectivity index (χ0v) is 15.9.